The predicted molar refractivity (Wildman–Crippen MR) is 95.1 cm³/mol. The Labute approximate surface area is 149 Å². The van der Waals surface area contributed by atoms with Crippen molar-refractivity contribution in [1.82, 2.24) is 4.98 Å². The SMILES string of the molecule is COc1ccc(OC)c(-c2csc(NC(=O)COC(=O)C(C)C)n2)c1. The van der Waals surface area contributed by atoms with Gasteiger partial charge in [0.2, 0.25) is 0 Å². The van der Waals surface area contributed by atoms with Gasteiger partial charge in [-0.2, -0.15) is 0 Å². The Bertz CT molecular complexity index is 757. The number of carbonyl (C=O) groups is 2. The van der Waals surface area contributed by atoms with E-state index >= 15 is 0 Å². The van der Waals surface area contributed by atoms with Crippen LogP contribution >= 0.6 is 11.3 Å². The maximum atomic E-state index is 11.8. The minimum atomic E-state index is -0.437. The molecule has 0 bridgehead atoms. The van der Waals surface area contributed by atoms with Crippen molar-refractivity contribution in [2.24, 2.45) is 5.92 Å². The van der Waals surface area contributed by atoms with Crippen LogP contribution in [-0.2, 0) is 14.3 Å². The molecule has 0 aliphatic heterocycles. The fourth-order valence-electron chi connectivity index (χ4n) is 1.93. The van der Waals surface area contributed by atoms with E-state index in [4.69, 9.17) is 14.2 Å². The number of thiazole rings is 1. The zero-order chi connectivity index (χ0) is 18.4. The summed E-state index contributed by atoms with van der Waals surface area (Å²) in [6, 6.07) is 5.39. The number of esters is 1. The van der Waals surface area contributed by atoms with E-state index in [2.05, 4.69) is 10.3 Å². The maximum absolute atomic E-state index is 11.8. The van der Waals surface area contributed by atoms with E-state index in [0.717, 1.165) is 5.56 Å². The summed E-state index contributed by atoms with van der Waals surface area (Å²) in [5, 5.41) is 4.82. The van der Waals surface area contributed by atoms with Gasteiger partial charge in [0.15, 0.2) is 11.7 Å². The molecule has 0 aliphatic carbocycles. The molecular formula is C17H20N2O5S. The van der Waals surface area contributed by atoms with Crippen molar-refractivity contribution in [3.8, 4) is 22.8 Å². The summed E-state index contributed by atoms with van der Waals surface area (Å²) in [6.07, 6.45) is 0. The lowest BCUT2D eigenvalue weighted by molar-refractivity contribution is -0.150. The third-order valence-corrected chi connectivity index (χ3v) is 4.01. The molecule has 0 aliphatic rings. The number of ether oxygens (including phenoxy) is 3. The van der Waals surface area contributed by atoms with E-state index in [1.807, 2.05) is 6.07 Å². The number of nitrogens with one attached hydrogen (secondary N) is 1. The van der Waals surface area contributed by atoms with Crippen molar-refractivity contribution in [1.29, 1.82) is 0 Å². The number of rotatable bonds is 7. The molecule has 0 saturated heterocycles. The van der Waals surface area contributed by atoms with Gasteiger partial charge in [0.1, 0.15) is 11.5 Å². The quantitative estimate of drug-likeness (QED) is 0.760. The number of aromatic nitrogens is 1. The van der Waals surface area contributed by atoms with Crippen molar-refractivity contribution in [3.63, 3.8) is 0 Å². The van der Waals surface area contributed by atoms with Gasteiger partial charge in [-0.25, -0.2) is 4.98 Å². The van der Waals surface area contributed by atoms with Crippen molar-refractivity contribution in [2.45, 2.75) is 13.8 Å². The number of methoxy groups -OCH3 is 2. The zero-order valence-electron chi connectivity index (χ0n) is 14.5. The van der Waals surface area contributed by atoms with Crippen molar-refractivity contribution >= 4 is 28.3 Å². The average Bonchev–Trinajstić information content (AvgIpc) is 3.07. The molecule has 0 spiro atoms. The van der Waals surface area contributed by atoms with E-state index in [9.17, 15) is 9.59 Å². The molecule has 0 radical (unpaired) electrons. The molecule has 1 aromatic heterocycles. The molecular weight excluding hydrogens is 344 g/mol. The van der Waals surface area contributed by atoms with Crippen LogP contribution in [0.5, 0.6) is 11.5 Å². The lowest BCUT2D eigenvalue weighted by atomic mass is 10.1. The van der Waals surface area contributed by atoms with E-state index in [1.54, 1.807) is 45.6 Å². The van der Waals surface area contributed by atoms with E-state index < -0.39 is 11.9 Å². The highest BCUT2D eigenvalue weighted by Gasteiger charge is 2.15. The molecule has 134 valence electrons. The van der Waals surface area contributed by atoms with Gasteiger partial charge in [-0.15, -0.1) is 11.3 Å². The van der Waals surface area contributed by atoms with Crippen LogP contribution in [0.3, 0.4) is 0 Å². The number of hydrogen-bond acceptors (Lipinski definition) is 7. The number of anilines is 1. The Hall–Kier alpha value is -2.61. The second-order valence-electron chi connectivity index (χ2n) is 5.41. The molecule has 1 aromatic carbocycles. The lowest BCUT2D eigenvalue weighted by Gasteiger charge is -2.08. The first-order chi connectivity index (χ1) is 11.9. The highest BCUT2D eigenvalue weighted by molar-refractivity contribution is 7.14. The van der Waals surface area contributed by atoms with Gasteiger partial charge in [0.05, 0.1) is 25.8 Å². The predicted octanol–water partition coefficient (Wildman–Crippen LogP) is 2.97. The molecule has 1 heterocycles. The van der Waals surface area contributed by atoms with Crippen molar-refractivity contribution in [3.05, 3.63) is 23.6 Å². The fourth-order valence-corrected chi connectivity index (χ4v) is 2.65. The Morgan fingerprint density at radius 2 is 2.00 bits per heavy atom. The molecule has 1 N–H and O–H groups in total. The molecule has 0 atom stereocenters. The monoisotopic (exact) mass is 364 g/mol. The summed E-state index contributed by atoms with van der Waals surface area (Å²) >= 11 is 1.27. The number of carbonyl (C=O) groups excluding carboxylic acids is 2. The summed E-state index contributed by atoms with van der Waals surface area (Å²) in [5.41, 5.74) is 1.40. The Kier molecular flexibility index (Phi) is 6.35. The second-order valence-corrected chi connectivity index (χ2v) is 6.27. The molecule has 0 fully saturated rings. The van der Waals surface area contributed by atoms with Gasteiger partial charge in [-0.05, 0) is 18.2 Å². The first kappa shape index (κ1) is 18.7. The van der Waals surface area contributed by atoms with Crippen LogP contribution < -0.4 is 14.8 Å². The van der Waals surface area contributed by atoms with Gasteiger partial charge in [0.25, 0.3) is 5.91 Å². The molecule has 7 nitrogen and oxygen atoms in total. The zero-order valence-corrected chi connectivity index (χ0v) is 15.3. The minimum Gasteiger partial charge on any atom is -0.497 e. The van der Waals surface area contributed by atoms with Crippen LogP contribution in [0.4, 0.5) is 5.13 Å². The van der Waals surface area contributed by atoms with Crippen LogP contribution in [0.15, 0.2) is 23.6 Å². The molecule has 8 heteroatoms. The molecule has 25 heavy (non-hydrogen) atoms. The smallest absolute Gasteiger partial charge is 0.308 e. The Morgan fingerprint density at radius 3 is 2.64 bits per heavy atom. The summed E-state index contributed by atoms with van der Waals surface area (Å²) in [4.78, 5) is 27.6. The van der Waals surface area contributed by atoms with E-state index in [0.29, 0.717) is 22.3 Å². The number of nitrogens with zero attached hydrogens (tertiary/aromatic N) is 1. The largest absolute Gasteiger partial charge is 0.497 e. The van der Waals surface area contributed by atoms with E-state index in [1.165, 1.54) is 11.3 Å². The van der Waals surface area contributed by atoms with Gasteiger partial charge in [-0.3, -0.25) is 14.9 Å². The highest BCUT2D eigenvalue weighted by atomic mass is 32.1. The number of amides is 1. The normalized spacial score (nSPS) is 10.4. The molecule has 2 aromatic rings. The highest BCUT2D eigenvalue weighted by Crippen LogP contribution is 2.34. The summed E-state index contributed by atoms with van der Waals surface area (Å²) in [6.45, 7) is 3.07. The third kappa shape index (κ3) is 4.93. The first-order valence-corrected chi connectivity index (χ1v) is 8.47. The Morgan fingerprint density at radius 1 is 1.24 bits per heavy atom. The maximum Gasteiger partial charge on any atom is 0.308 e. The second kappa shape index (κ2) is 8.48. The van der Waals surface area contributed by atoms with Gasteiger partial charge >= 0.3 is 5.97 Å². The molecule has 1 amide bonds. The number of hydrogen-bond donors (Lipinski definition) is 1. The minimum absolute atomic E-state index is 0.278. The number of benzene rings is 1. The topological polar surface area (TPSA) is 86.8 Å². The fraction of sp³-hybridized carbons (Fsp3) is 0.353. The van der Waals surface area contributed by atoms with Gasteiger partial charge in [-0.1, -0.05) is 13.8 Å². The third-order valence-electron chi connectivity index (χ3n) is 3.25. The van der Waals surface area contributed by atoms with Crippen molar-refractivity contribution in [2.75, 3.05) is 26.1 Å². The van der Waals surface area contributed by atoms with Crippen LogP contribution in [0.1, 0.15) is 13.8 Å². The lowest BCUT2D eigenvalue weighted by Crippen LogP contribution is -2.22. The molecule has 0 saturated carbocycles. The van der Waals surface area contributed by atoms with Gasteiger partial charge in [0, 0.05) is 10.9 Å². The van der Waals surface area contributed by atoms with E-state index in [-0.39, 0.29) is 12.5 Å². The molecule has 0 unspecified atom stereocenters. The van der Waals surface area contributed by atoms with Crippen LogP contribution in [-0.4, -0.2) is 37.7 Å². The van der Waals surface area contributed by atoms with Crippen LogP contribution in [0.25, 0.3) is 11.3 Å². The average molecular weight is 364 g/mol. The molecule has 2 rings (SSSR count). The van der Waals surface area contributed by atoms with Gasteiger partial charge < -0.3 is 14.2 Å². The Balaban J connectivity index is 2.07. The van der Waals surface area contributed by atoms with Crippen molar-refractivity contribution < 1.29 is 23.8 Å². The van der Waals surface area contributed by atoms with Crippen LogP contribution in [0, 0.1) is 5.92 Å². The summed E-state index contributed by atoms with van der Waals surface area (Å²) in [7, 11) is 3.15. The van der Waals surface area contributed by atoms with Crippen LogP contribution in [0.2, 0.25) is 0 Å². The summed E-state index contributed by atoms with van der Waals surface area (Å²) in [5.74, 6) is 0.188. The summed E-state index contributed by atoms with van der Waals surface area (Å²) < 4.78 is 15.4. The first-order valence-electron chi connectivity index (χ1n) is 7.59. The standard InChI is InChI=1S/C17H20N2O5S/c1-10(2)16(21)24-8-15(20)19-17-18-13(9-25-17)12-7-11(22-3)5-6-14(12)23-4/h5-7,9-10H,8H2,1-4H3,(H,18,19,20).